The molecule has 4 saturated heterocycles. The molecule has 0 saturated carbocycles. The highest BCUT2D eigenvalue weighted by Crippen LogP contribution is 2.48. The summed E-state index contributed by atoms with van der Waals surface area (Å²) in [5, 5.41) is 25.3. The second-order valence-corrected chi connectivity index (χ2v) is 23.4. The lowest BCUT2D eigenvalue weighted by molar-refractivity contribution is -0.941. The van der Waals surface area contributed by atoms with Crippen molar-refractivity contribution in [2.45, 2.75) is 96.6 Å². The minimum Gasteiger partial charge on any atom is -0.497 e. The number of carbonyl (C=O) groups is 4. The Balaban J connectivity index is 0.853. The maximum Gasteiger partial charge on any atom is 0.353 e. The average Bonchev–Trinajstić information content (AvgIpc) is 4.09. The van der Waals surface area contributed by atoms with Crippen molar-refractivity contribution in [3.63, 3.8) is 0 Å². The van der Waals surface area contributed by atoms with Gasteiger partial charge < -0.3 is 43.6 Å². The maximum absolute atomic E-state index is 14.3. The van der Waals surface area contributed by atoms with Crippen LogP contribution in [0.3, 0.4) is 0 Å². The van der Waals surface area contributed by atoms with Gasteiger partial charge in [0.05, 0.1) is 44.6 Å². The summed E-state index contributed by atoms with van der Waals surface area (Å²) in [5.41, 5.74) is 1.71. The van der Waals surface area contributed by atoms with Gasteiger partial charge in [-0.25, -0.2) is 14.5 Å². The van der Waals surface area contributed by atoms with Gasteiger partial charge in [-0.15, -0.1) is 33.3 Å². The molecule has 400 valence electrons. The van der Waals surface area contributed by atoms with Gasteiger partial charge in [-0.2, -0.15) is 0 Å². The largest absolute Gasteiger partial charge is 0.497 e. The highest BCUT2D eigenvalue weighted by Gasteiger charge is 2.56. The Morgan fingerprint density at radius 1 is 0.895 bits per heavy atom. The molecule has 3 amide bonds. The third-order valence-electron chi connectivity index (χ3n) is 14.2. The molecule has 3 aromatic carbocycles. The number of ether oxygens (including phenoxy) is 5. The Morgan fingerprint density at radius 2 is 1.53 bits per heavy atom. The van der Waals surface area contributed by atoms with Crippen LogP contribution in [0.5, 0.6) is 23.0 Å². The van der Waals surface area contributed by atoms with Crippen molar-refractivity contribution in [2.24, 2.45) is 10.6 Å². The summed E-state index contributed by atoms with van der Waals surface area (Å²) in [7, 11) is 4.93. The summed E-state index contributed by atoms with van der Waals surface area (Å²) < 4.78 is 30.9. The number of β-lactam (4-membered cyclic amide) rings is 1. The summed E-state index contributed by atoms with van der Waals surface area (Å²) in [6.07, 6.45) is 2.75. The molecule has 5 aliphatic rings. The number of aromatic nitrogens is 5. The van der Waals surface area contributed by atoms with Gasteiger partial charge >= 0.3 is 5.97 Å². The highest BCUT2D eigenvalue weighted by atomic mass is 32.2. The molecule has 5 aliphatic heterocycles. The molecule has 5 aromatic rings. The van der Waals surface area contributed by atoms with Gasteiger partial charge in [0, 0.05) is 53.5 Å². The second kappa shape index (κ2) is 21.9. The third kappa shape index (κ3) is 12.0. The highest BCUT2D eigenvalue weighted by molar-refractivity contribution is 8.00. The van der Waals surface area contributed by atoms with Crippen LogP contribution in [0.4, 0.5) is 0 Å². The Morgan fingerprint density at radius 3 is 2.09 bits per heavy atom. The first kappa shape index (κ1) is 53.8. The standard InChI is InChI=1S/C53H63BN10O10S2/c1-32-56-39(30-75-32)42(60-74-52(5,6)50(68)73-51(2,3)4)47(66)57-43-48(67)62-44(45-58-61-63(54)59-45)36(29-76-49(43)62)26-64-22-19-53(20-23-64,21-24-64)31-55-46(65)35-13-18-40(71-27-33-9-14-37(69-7)15-10-33)41(25-35)72-28-34-11-16-38(70-8)17-12-34/h9-18,25,30,43,49H,19-24,26-29,31,54H2,1-8H3,(H-,55,57,65,66)/p+1/b60-42-/t43-,49-,53?,64?/m1/s1. The van der Waals surface area contributed by atoms with Crippen LogP contribution < -0.4 is 29.6 Å². The van der Waals surface area contributed by atoms with E-state index >= 15 is 0 Å². The molecule has 0 radical (unpaired) electrons. The molecule has 2 atom stereocenters. The Labute approximate surface area is 450 Å². The zero-order chi connectivity index (χ0) is 54.0. The number of amides is 3. The SMILES string of the molecule is Bn1nnc(C2=C(C[N+]34CCC(CNC(=O)c5ccc(OCc6ccc(OC)cc6)c(OCc6ccc(OC)cc6)c5)(CC3)CC4)CS[C@@H]3[C@H](NC(=O)/C(=N\OC(C)(C)C(=O)OC(C)(C)C)c4csc(C)n4)C(=O)N23)n1. The van der Waals surface area contributed by atoms with Crippen LogP contribution >= 0.6 is 23.1 Å². The number of rotatable bonds is 20. The molecule has 0 spiro atoms. The maximum atomic E-state index is 14.3. The van der Waals surface area contributed by atoms with Crippen molar-refractivity contribution in [3.8, 4) is 23.0 Å². The number of nitrogens with one attached hydrogen (secondary N) is 2. The molecule has 2 aromatic heterocycles. The number of hydrogen-bond acceptors (Lipinski definition) is 17. The van der Waals surface area contributed by atoms with Crippen LogP contribution in [-0.2, 0) is 37.2 Å². The van der Waals surface area contributed by atoms with Crippen molar-refractivity contribution < 1.29 is 52.2 Å². The first-order valence-electron chi connectivity index (χ1n) is 25.2. The van der Waals surface area contributed by atoms with Crippen LogP contribution in [0.2, 0.25) is 0 Å². The number of aryl methyl sites for hydroxylation is 1. The van der Waals surface area contributed by atoms with Gasteiger partial charge in [0.1, 0.15) is 54.0 Å². The molecular weight excluding hydrogens is 1010 g/mol. The van der Waals surface area contributed by atoms with E-state index in [-0.39, 0.29) is 35.2 Å². The van der Waals surface area contributed by atoms with Crippen LogP contribution in [0.25, 0.3) is 5.70 Å². The fraction of sp³-hybridized carbons (Fsp3) is 0.453. The molecule has 4 fully saturated rings. The van der Waals surface area contributed by atoms with E-state index in [2.05, 4.69) is 36.2 Å². The van der Waals surface area contributed by atoms with Crippen LogP contribution in [0, 0.1) is 12.3 Å². The number of benzene rings is 3. The van der Waals surface area contributed by atoms with Crippen molar-refractivity contribution >= 4 is 66.2 Å². The molecule has 7 heterocycles. The van der Waals surface area contributed by atoms with E-state index in [9.17, 15) is 19.2 Å². The van der Waals surface area contributed by atoms with Crippen LogP contribution in [0.1, 0.15) is 91.9 Å². The molecule has 0 aliphatic carbocycles. The predicted octanol–water partition coefficient (Wildman–Crippen LogP) is 5.09. The number of nitrogens with zero attached hydrogens (tertiary/aromatic N) is 8. The summed E-state index contributed by atoms with van der Waals surface area (Å²) in [4.78, 5) is 67.2. The van der Waals surface area contributed by atoms with Crippen molar-refractivity contribution in [1.82, 2.24) is 40.6 Å². The smallest absolute Gasteiger partial charge is 0.353 e. The molecule has 76 heavy (non-hydrogen) atoms. The molecule has 23 heteroatoms. The summed E-state index contributed by atoms with van der Waals surface area (Å²) in [6.45, 7) is 14.5. The monoisotopic (exact) mass is 1080 g/mol. The van der Waals surface area contributed by atoms with Crippen molar-refractivity contribution in [1.29, 1.82) is 0 Å². The van der Waals surface area contributed by atoms with Gasteiger partial charge in [-0.05, 0) is 95.1 Å². The number of oxime groups is 1. The number of quaternary nitrogens is 1. The fourth-order valence-corrected chi connectivity index (χ4v) is 11.7. The molecule has 2 bridgehead atoms. The van der Waals surface area contributed by atoms with E-state index in [1.807, 2.05) is 48.5 Å². The molecule has 10 rings (SSSR count). The lowest BCUT2D eigenvalue weighted by atomic mass is 9.70. The number of carbonyl (C=O) groups excluding carboxylic acids is 4. The van der Waals surface area contributed by atoms with Gasteiger partial charge in [0.2, 0.25) is 11.4 Å². The number of methoxy groups -OCH3 is 2. The van der Waals surface area contributed by atoms with Crippen LogP contribution in [0.15, 0.2) is 82.8 Å². The number of thioether (sulfide) groups is 1. The molecule has 2 N–H and O–H groups in total. The summed E-state index contributed by atoms with van der Waals surface area (Å²) in [5.74, 6) is 1.54. The predicted molar refractivity (Wildman–Crippen MR) is 288 cm³/mol. The third-order valence-corrected chi connectivity index (χ3v) is 16.3. The lowest BCUT2D eigenvalue weighted by Crippen LogP contribution is -2.70. The van der Waals surface area contributed by atoms with E-state index in [1.54, 1.807) is 90.1 Å². The fourth-order valence-electron chi connectivity index (χ4n) is 9.74. The molecular formula is C53H64BN10O10S2+. The van der Waals surface area contributed by atoms with E-state index < -0.39 is 34.5 Å². The Bertz CT molecular complexity index is 3020. The van der Waals surface area contributed by atoms with Crippen molar-refractivity contribution in [2.75, 3.05) is 52.7 Å². The van der Waals surface area contributed by atoms with Gasteiger partial charge in [0.15, 0.2) is 17.2 Å². The zero-order valence-electron chi connectivity index (χ0n) is 44.3. The average molecular weight is 1080 g/mol. The topological polar surface area (TPSA) is 220 Å². The summed E-state index contributed by atoms with van der Waals surface area (Å²) >= 11 is 2.89. The Kier molecular flexibility index (Phi) is 15.5. The van der Waals surface area contributed by atoms with E-state index in [0.717, 1.165) is 71.6 Å². The molecule has 20 nitrogen and oxygen atoms in total. The normalized spacial score (nSPS) is 21.3. The van der Waals surface area contributed by atoms with E-state index in [4.69, 9.17) is 28.5 Å². The van der Waals surface area contributed by atoms with Gasteiger partial charge in [-0.3, -0.25) is 19.3 Å². The molecule has 0 unspecified atom stereocenters. The quantitative estimate of drug-likeness (QED) is 0.0259. The first-order valence-corrected chi connectivity index (χ1v) is 27.1. The number of esters is 1. The minimum atomic E-state index is -1.54. The van der Waals surface area contributed by atoms with E-state index in [0.29, 0.717) is 59.0 Å². The second-order valence-electron chi connectivity index (χ2n) is 21.2. The Hall–Kier alpha value is -6.98. The lowest BCUT2D eigenvalue weighted by Gasteiger charge is -2.56. The van der Waals surface area contributed by atoms with E-state index in [1.165, 1.54) is 29.9 Å². The van der Waals surface area contributed by atoms with Gasteiger partial charge in [-0.1, -0.05) is 34.6 Å². The van der Waals surface area contributed by atoms with Crippen molar-refractivity contribution in [3.05, 3.63) is 111 Å². The number of hydrogen-bond donors (Lipinski definition) is 2. The first-order chi connectivity index (χ1) is 36.2. The number of tetrazole rings is 1. The van der Waals surface area contributed by atoms with Crippen LogP contribution in [-0.4, -0.2) is 147 Å². The minimum absolute atomic E-state index is 0.0599. The van der Waals surface area contributed by atoms with Gasteiger partial charge in [0.25, 0.3) is 25.7 Å². The number of thiazole rings is 1. The summed E-state index contributed by atoms with van der Waals surface area (Å²) in [6, 6.07) is 19.7. The zero-order valence-corrected chi connectivity index (χ0v) is 46.0. The number of piperidine rings is 3. The number of fused-ring (bicyclic) bond motifs is 4.